The molecule has 2 rings (SSSR count). The van der Waals surface area contributed by atoms with E-state index in [1.54, 1.807) is 25.2 Å². The molecule has 24 heavy (non-hydrogen) atoms. The van der Waals surface area contributed by atoms with Gasteiger partial charge in [0.15, 0.2) is 0 Å². The van der Waals surface area contributed by atoms with Gasteiger partial charge in [-0.2, -0.15) is 4.31 Å². The van der Waals surface area contributed by atoms with Gasteiger partial charge >= 0.3 is 0 Å². The third-order valence-corrected chi connectivity index (χ3v) is 6.25. The maximum atomic E-state index is 12.7. The number of nitrogens with zero attached hydrogens (tertiary/aromatic N) is 2. The number of halogens is 1. The van der Waals surface area contributed by atoms with Gasteiger partial charge in [-0.1, -0.05) is 12.5 Å². The van der Waals surface area contributed by atoms with Crippen molar-refractivity contribution in [3.8, 4) is 0 Å². The smallest absolute Gasteiger partial charge is 0.253 e. The highest BCUT2D eigenvalue weighted by Crippen LogP contribution is 2.21. The standard InChI is InChI=1S/C16H25N3O3S.ClH/c1-13(12-17)18(2)16(20)14-7-6-8-15(11-14)23(21,22)19-9-4-3-5-10-19;/h6-8,11,13H,3-5,9-10,12,17H2,1-2H3;1H. The fourth-order valence-electron chi connectivity index (χ4n) is 2.61. The number of piperidine rings is 1. The van der Waals surface area contributed by atoms with Crippen molar-refractivity contribution >= 4 is 28.3 Å². The number of hydrogen-bond acceptors (Lipinski definition) is 4. The molecule has 0 aromatic heterocycles. The number of rotatable bonds is 5. The van der Waals surface area contributed by atoms with Crippen LogP contribution in [0.1, 0.15) is 36.5 Å². The molecule has 1 aliphatic heterocycles. The van der Waals surface area contributed by atoms with E-state index in [-0.39, 0.29) is 29.3 Å². The predicted octanol–water partition coefficient (Wildman–Crippen LogP) is 1.70. The van der Waals surface area contributed by atoms with Crippen LogP contribution in [0.25, 0.3) is 0 Å². The topological polar surface area (TPSA) is 83.7 Å². The minimum absolute atomic E-state index is 0. The summed E-state index contributed by atoms with van der Waals surface area (Å²) in [5.41, 5.74) is 5.96. The molecule has 0 radical (unpaired) electrons. The van der Waals surface area contributed by atoms with Crippen LogP contribution in [0, 0.1) is 0 Å². The maximum Gasteiger partial charge on any atom is 0.253 e. The number of hydrogen-bond donors (Lipinski definition) is 1. The Morgan fingerprint density at radius 1 is 1.29 bits per heavy atom. The van der Waals surface area contributed by atoms with Crippen molar-refractivity contribution in [3.05, 3.63) is 29.8 Å². The molecular formula is C16H26ClN3O3S. The molecule has 1 heterocycles. The number of likely N-dealkylation sites (N-methyl/N-ethyl adjacent to an activating group) is 1. The van der Waals surface area contributed by atoms with E-state index in [4.69, 9.17) is 5.73 Å². The first-order chi connectivity index (χ1) is 10.9. The summed E-state index contributed by atoms with van der Waals surface area (Å²) in [7, 11) is -1.86. The first-order valence-corrected chi connectivity index (χ1v) is 9.39. The molecule has 0 saturated carbocycles. The minimum atomic E-state index is -3.53. The van der Waals surface area contributed by atoms with Crippen molar-refractivity contribution < 1.29 is 13.2 Å². The quantitative estimate of drug-likeness (QED) is 0.848. The first-order valence-electron chi connectivity index (χ1n) is 7.95. The molecule has 1 unspecified atom stereocenters. The third-order valence-electron chi connectivity index (χ3n) is 4.36. The van der Waals surface area contributed by atoms with Gasteiger partial charge in [-0.15, -0.1) is 12.4 Å². The Labute approximate surface area is 150 Å². The summed E-state index contributed by atoms with van der Waals surface area (Å²) in [6.07, 6.45) is 2.83. The Bertz CT molecular complexity index is 660. The third kappa shape index (κ3) is 4.47. The number of carbonyl (C=O) groups excluding carboxylic acids is 1. The zero-order valence-corrected chi connectivity index (χ0v) is 15.8. The summed E-state index contributed by atoms with van der Waals surface area (Å²) >= 11 is 0. The van der Waals surface area contributed by atoms with E-state index in [0.717, 1.165) is 19.3 Å². The molecule has 6 nitrogen and oxygen atoms in total. The second kappa shape index (κ2) is 8.80. The second-order valence-electron chi connectivity index (χ2n) is 5.99. The fraction of sp³-hybridized carbons (Fsp3) is 0.562. The molecule has 2 N–H and O–H groups in total. The lowest BCUT2D eigenvalue weighted by Gasteiger charge is -2.26. The molecule has 1 saturated heterocycles. The first kappa shape index (κ1) is 20.9. The molecule has 1 atom stereocenters. The number of amides is 1. The van der Waals surface area contributed by atoms with E-state index in [2.05, 4.69) is 0 Å². The largest absolute Gasteiger partial charge is 0.338 e. The highest BCUT2D eigenvalue weighted by atomic mass is 35.5. The molecular weight excluding hydrogens is 350 g/mol. The average Bonchev–Trinajstić information content (AvgIpc) is 2.60. The lowest BCUT2D eigenvalue weighted by molar-refractivity contribution is 0.0748. The van der Waals surface area contributed by atoms with Crippen LogP contribution in [-0.2, 0) is 10.0 Å². The van der Waals surface area contributed by atoms with E-state index in [9.17, 15) is 13.2 Å². The Hall–Kier alpha value is -1.15. The Morgan fingerprint density at radius 3 is 2.50 bits per heavy atom. The van der Waals surface area contributed by atoms with Crippen LogP contribution < -0.4 is 5.73 Å². The van der Waals surface area contributed by atoms with Crippen LogP contribution in [-0.4, -0.2) is 56.3 Å². The SMILES string of the molecule is CC(CN)N(C)C(=O)c1cccc(S(=O)(=O)N2CCCCC2)c1.Cl. The monoisotopic (exact) mass is 375 g/mol. The molecule has 136 valence electrons. The maximum absolute atomic E-state index is 12.7. The summed E-state index contributed by atoms with van der Waals surface area (Å²) in [6.45, 7) is 3.30. The zero-order valence-electron chi connectivity index (χ0n) is 14.1. The Balaban J connectivity index is 0.00000288. The van der Waals surface area contributed by atoms with Crippen LogP contribution in [0.2, 0.25) is 0 Å². The van der Waals surface area contributed by atoms with Gasteiger partial charge in [0, 0.05) is 38.3 Å². The van der Waals surface area contributed by atoms with Crippen molar-refractivity contribution in [3.63, 3.8) is 0 Å². The molecule has 0 spiro atoms. The molecule has 0 bridgehead atoms. The number of benzene rings is 1. The van der Waals surface area contributed by atoms with Gasteiger partial charge in [0.2, 0.25) is 10.0 Å². The number of carbonyl (C=O) groups is 1. The average molecular weight is 376 g/mol. The van der Waals surface area contributed by atoms with Gasteiger partial charge in [0.25, 0.3) is 5.91 Å². The van der Waals surface area contributed by atoms with Crippen molar-refractivity contribution in [1.82, 2.24) is 9.21 Å². The van der Waals surface area contributed by atoms with Crippen molar-refractivity contribution in [2.75, 3.05) is 26.7 Å². The van der Waals surface area contributed by atoms with Crippen LogP contribution in [0.3, 0.4) is 0 Å². The molecule has 1 aliphatic rings. The van der Waals surface area contributed by atoms with Crippen LogP contribution in [0.5, 0.6) is 0 Å². The minimum Gasteiger partial charge on any atom is -0.338 e. The van der Waals surface area contributed by atoms with E-state index in [1.165, 1.54) is 15.3 Å². The molecule has 1 aromatic rings. The molecule has 1 amide bonds. The van der Waals surface area contributed by atoms with E-state index in [1.807, 2.05) is 6.92 Å². The number of nitrogens with two attached hydrogens (primary N) is 1. The van der Waals surface area contributed by atoms with Crippen LogP contribution in [0.15, 0.2) is 29.2 Å². The summed E-state index contributed by atoms with van der Waals surface area (Å²) in [5.74, 6) is -0.223. The van der Waals surface area contributed by atoms with Gasteiger partial charge < -0.3 is 10.6 Å². The van der Waals surface area contributed by atoms with E-state index >= 15 is 0 Å². The fourth-order valence-corrected chi connectivity index (χ4v) is 4.17. The van der Waals surface area contributed by atoms with Gasteiger partial charge in [-0.25, -0.2) is 8.42 Å². The Morgan fingerprint density at radius 2 is 1.92 bits per heavy atom. The summed E-state index contributed by atoms with van der Waals surface area (Å²) < 4.78 is 26.9. The molecule has 0 aliphatic carbocycles. The molecule has 1 aromatic carbocycles. The summed E-state index contributed by atoms with van der Waals surface area (Å²) in [6, 6.07) is 6.16. The van der Waals surface area contributed by atoms with Crippen molar-refractivity contribution in [2.45, 2.75) is 37.1 Å². The van der Waals surface area contributed by atoms with Crippen molar-refractivity contribution in [2.24, 2.45) is 5.73 Å². The van der Waals surface area contributed by atoms with E-state index < -0.39 is 10.0 Å². The van der Waals surface area contributed by atoms with Gasteiger partial charge in [-0.05, 0) is 38.0 Å². The highest BCUT2D eigenvalue weighted by molar-refractivity contribution is 7.89. The molecule has 8 heteroatoms. The lowest BCUT2D eigenvalue weighted by Crippen LogP contribution is -2.40. The lowest BCUT2D eigenvalue weighted by atomic mass is 10.2. The number of sulfonamides is 1. The van der Waals surface area contributed by atoms with Crippen LogP contribution in [0.4, 0.5) is 0 Å². The van der Waals surface area contributed by atoms with E-state index in [0.29, 0.717) is 25.2 Å². The van der Waals surface area contributed by atoms with Gasteiger partial charge in [0.1, 0.15) is 0 Å². The van der Waals surface area contributed by atoms with Gasteiger partial charge in [0.05, 0.1) is 4.90 Å². The highest BCUT2D eigenvalue weighted by Gasteiger charge is 2.27. The Kier molecular flexibility index (Phi) is 7.66. The second-order valence-corrected chi connectivity index (χ2v) is 7.93. The normalized spacial score (nSPS) is 17.0. The predicted molar refractivity (Wildman–Crippen MR) is 96.9 cm³/mol. The van der Waals surface area contributed by atoms with Gasteiger partial charge in [-0.3, -0.25) is 4.79 Å². The van der Waals surface area contributed by atoms with Crippen LogP contribution >= 0.6 is 12.4 Å². The molecule has 1 fully saturated rings. The summed E-state index contributed by atoms with van der Waals surface area (Å²) in [5, 5.41) is 0. The van der Waals surface area contributed by atoms with Crippen molar-refractivity contribution in [1.29, 1.82) is 0 Å². The summed E-state index contributed by atoms with van der Waals surface area (Å²) in [4.78, 5) is 14.2. The zero-order chi connectivity index (χ0) is 17.0.